The van der Waals surface area contributed by atoms with Gasteiger partial charge in [-0.3, -0.25) is 4.79 Å². The molecule has 0 fully saturated rings. The summed E-state index contributed by atoms with van der Waals surface area (Å²) in [6.07, 6.45) is 0. The maximum Gasteiger partial charge on any atom is 0.234 e. The summed E-state index contributed by atoms with van der Waals surface area (Å²) in [5, 5.41) is 3.48. The summed E-state index contributed by atoms with van der Waals surface area (Å²) >= 11 is 9.11. The van der Waals surface area contributed by atoms with Gasteiger partial charge in [0.15, 0.2) is 0 Å². The molecule has 0 aliphatic carbocycles. The summed E-state index contributed by atoms with van der Waals surface area (Å²) in [5.74, 6) is 1.000. The predicted octanol–water partition coefficient (Wildman–Crippen LogP) is 3.25. The molecule has 1 unspecified atom stereocenters. The lowest BCUT2D eigenvalue weighted by atomic mass is 10.1. The zero-order valence-corrected chi connectivity index (χ0v) is 12.8. The largest absolute Gasteiger partial charge is 0.492 e. The van der Waals surface area contributed by atoms with Crippen molar-refractivity contribution in [3.8, 4) is 5.75 Å². The van der Waals surface area contributed by atoms with Gasteiger partial charge in [-0.25, -0.2) is 0 Å². The second-order valence-corrected chi connectivity index (χ2v) is 5.66. The van der Waals surface area contributed by atoms with Crippen molar-refractivity contribution in [3.63, 3.8) is 0 Å². The molecule has 100 valence electrons. The van der Waals surface area contributed by atoms with E-state index in [-0.39, 0.29) is 16.7 Å². The van der Waals surface area contributed by atoms with Gasteiger partial charge in [-0.2, -0.15) is 0 Å². The molecule has 1 rings (SSSR count). The topological polar surface area (TPSA) is 38.3 Å². The summed E-state index contributed by atoms with van der Waals surface area (Å²) in [4.78, 5) is 11.5. The standard InChI is InChI=1S/C13H17BrClNO2/c1-9(2)12(14)13(17)16-7-8-18-11-5-3-10(15)4-6-11/h3-6,9,12H,7-8H2,1-2H3,(H,16,17). The predicted molar refractivity (Wildman–Crippen MR) is 77.5 cm³/mol. The van der Waals surface area contributed by atoms with Crippen molar-refractivity contribution >= 4 is 33.4 Å². The van der Waals surface area contributed by atoms with Crippen LogP contribution in [0.1, 0.15) is 13.8 Å². The summed E-state index contributed by atoms with van der Waals surface area (Å²) in [6, 6.07) is 7.13. The maximum absolute atomic E-state index is 11.6. The Labute approximate surface area is 121 Å². The third-order valence-electron chi connectivity index (χ3n) is 2.32. The molecule has 0 bridgehead atoms. The van der Waals surface area contributed by atoms with E-state index in [2.05, 4.69) is 21.2 Å². The first-order valence-electron chi connectivity index (χ1n) is 5.81. The highest BCUT2D eigenvalue weighted by Gasteiger charge is 2.17. The molecule has 1 aromatic carbocycles. The molecule has 0 saturated carbocycles. The van der Waals surface area contributed by atoms with Gasteiger partial charge in [-0.15, -0.1) is 0 Å². The van der Waals surface area contributed by atoms with Crippen LogP contribution < -0.4 is 10.1 Å². The van der Waals surface area contributed by atoms with E-state index < -0.39 is 0 Å². The van der Waals surface area contributed by atoms with Crippen LogP contribution in [0.3, 0.4) is 0 Å². The highest BCUT2D eigenvalue weighted by atomic mass is 79.9. The molecule has 0 aliphatic heterocycles. The lowest BCUT2D eigenvalue weighted by Crippen LogP contribution is -2.36. The van der Waals surface area contributed by atoms with E-state index in [1.807, 2.05) is 13.8 Å². The Bertz CT molecular complexity index is 381. The zero-order chi connectivity index (χ0) is 13.5. The van der Waals surface area contributed by atoms with Crippen LogP contribution in [0.15, 0.2) is 24.3 Å². The second-order valence-electron chi connectivity index (χ2n) is 4.24. The van der Waals surface area contributed by atoms with Crippen LogP contribution in [0, 0.1) is 5.92 Å². The van der Waals surface area contributed by atoms with Crippen molar-refractivity contribution < 1.29 is 9.53 Å². The van der Waals surface area contributed by atoms with E-state index in [9.17, 15) is 4.79 Å². The number of ether oxygens (including phenoxy) is 1. The van der Waals surface area contributed by atoms with Crippen LogP contribution >= 0.6 is 27.5 Å². The Kier molecular flexibility index (Phi) is 6.50. The van der Waals surface area contributed by atoms with Crippen LogP contribution in [0.4, 0.5) is 0 Å². The number of halogens is 2. The van der Waals surface area contributed by atoms with Gasteiger partial charge in [0.2, 0.25) is 5.91 Å². The molecule has 0 spiro atoms. The monoisotopic (exact) mass is 333 g/mol. The van der Waals surface area contributed by atoms with Crippen LogP contribution in [-0.2, 0) is 4.79 Å². The number of benzene rings is 1. The molecule has 1 aromatic rings. The fraction of sp³-hybridized carbons (Fsp3) is 0.462. The highest BCUT2D eigenvalue weighted by Crippen LogP contribution is 2.15. The quantitative estimate of drug-likeness (QED) is 0.640. The van der Waals surface area contributed by atoms with E-state index in [0.717, 1.165) is 5.75 Å². The lowest BCUT2D eigenvalue weighted by molar-refractivity contribution is -0.121. The van der Waals surface area contributed by atoms with E-state index in [1.165, 1.54) is 0 Å². The van der Waals surface area contributed by atoms with Gasteiger partial charge in [0.05, 0.1) is 11.4 Å². The fourth-order valence-corrected chi connectivity index (χ4v) is 1.56. The van der Waals surface area contributed by atoms with Crippen LogP contribution in [0.25, 0.3) is 0 Å². The molecule has 0 aliphatic rings. The van der Waals surface area contributed by atoms with Gasteiger partial charge in [0.1, 0.15) is 12.4 Å². The molecule has 0 heterocycles. The van der Waals surface area contributed by atoms with Gasteiger partial charge in [0.25, 0.3) is 0 Å². The highest BCUT2D eigenvalue weighted by molar-refractivity contribution is 9.10. The van der Waals surface area contributed by atoms with Crippen molar-refractivity contribution in [1.82, 2.24) is 5.32 Å². The van der Waals surface area contributed by atoms with E-state index >= 15 is 0 Å². The summed E-state index contributed by atoms with van der Waals surface area (Å²) in [6.45, 7) is 4.90. The molecule has 0 radical (unpaired) electrons. The molecular weight excluding hydrogens is 318 g/mol. The Morgan fingerprint density at radius 1 is 1.39 bits per heavy atom. The van der Waals surface area contributed by atoms with Gasteiger partial charge < -0.3 is 10.1 Å². The number of hydrogen-bond acceptors (Lipinski definition) is 2. The number of rotatable bonds is 6. The first-order valence-corrected chi connectivity index (χ1v) is 7.10. The van der Waals surface area contributed by atoms with Crippen molar-refractivity contribution in [1.29, 1.82) is 0 Å². The molecule has 3 nitrogen and oxygen atoms in total. The minimum Gasteiger partial charge on any atom is -0.492 e. The second kappa shape index (κ2) is 7.64. The van der Waals surface area contributed by atoms with E-state index in [0.29, 0.717) is 18.2 Å². The molecule has 0 saturated heterocycles. The molecular formula is C13H17BrClNO2. The third kappa shape index (κ3) is 5.27. The van der Waals surface area contributed by atoms with Crippen LogP contribution in [-0.4, -0.2) is 23.9 Å². The van der Waals surface area contributed by atoms with Gasteiger partial charge in [-0.1, -0.05) is 41.4 Å². The number of carbonyl (C=O) groups is 1. The molecule has 18 heavy (non-hydrogen) atoms. The molecule has 1 atom stereocenters. The summed E-state index contributed by atoms with van der Waals surface area (Å²) in [5.41, 5.74) is 0. The van der Waals surface area contributed by atoms with E-state index in [1.54, 1.807) is 24.3 Å². The van der Waals surface area contributed by atoms with Gasteiger partial charge >= 0.3 is 0 Å². The SMILES string of the molecule is CC(C)C(Br)C(=O)NCCOc1ccc(Cl)cc1. The molecule has 1 N–H and O–H groups in total. The average Bonchev–Trinajstić information content (AvgIpc) is 2.35. The Balaban J connectivity index is 2.23. The minimum atomic E-state index is -0.159. The zero-order valence-electron chi connectivity index (χ0n) is 10.5. The van der Waals surface area contributed by atoms with Crippen LogP contribution in [0.5, 0.6) is 5.75 Å². The van der Waals surface area contributed by atoms with Crippen molar-refractivity contribution in [2.75, 3.05) is 13.2 Å². The molecule has 0 aromatic heterocycles. The smallest absolute Gasteiger partial charge is 0.234 e. The summed E-state index contributed by atoms with van der Waals surface area (Å²) in [7, 11) is 0. The Hall–Kier alpha value is -0.740. The van der Waals surface area contributed by atoms with Crippen molar-refractivity contribution in [2.24, 2.45) is 5.92 Å². The number of hydrogen-bond donors (Lipinski definition) is 1. The van der Waals surface area contributed by atoms with Crippen molar-refractivity contribution in [3.05, 3.63) is 29.3 Å². The lowest BCUT2D eigenvalue weighted by Gasteiger charge is -2.14. The third-order valence-corrected chi connectivity index (χ3v) is 4.04. The van der Waals surface area contributed by atoms with E-state index in [4.69, 9.17) is 16.3 Å². The summed E-state index contributed by atoms with van der Waals surface area (Å²) < 4.78 is 5.46. The van der Waals surface area contributed by atoms with Gasteiger partial charge in [0, 0.05) is 5.02 Å². The first-order chi connectivity index (χ1) is 8.50. The molecule has 5 heteroatoms. The molecule has 1 amide bonds. The van der Waals surface area contributed by atoms with Gasteiger partial charge in [-0.05, 0) is 30.2 Å². The van der Waals surface area contributed by atoms with Crippen LogP contribution in [0.2, 0.25) is 5.02 Å². The normalized spacial score (nSPS) is 12.3. The Morgan fingerprint density at radius 2 is 2.00 bits per heavy atom. The Morgan fingerprint density at radius 3 is 2.56 bits per heavy atom. The fourth-order valence-electron chi connectivity index (χ4n) is 1.27. The number of carbonyl (C=O) groups excluding carboxylic acids is 1. The van der Waals surface area contributed by atoms with Crippen molar-refractivity contribution in [2.45, 2.75) is 18.7 Å². The number of alkyl halides is 1. The number of amides is 1. The number of nitrogens with one attached hydrogen (secondary N) is 1. The average molecular weight is 335 g/mol. The maximum atomic E-state index is 11.6. The first kappa shape index (κ1) is 15.3. The minimum absolute atomic E-state index is 0.00953.